The van der Waals surface area contributed by atoms with E-state index in [1.165, 1.54) is 51.3 Å². The fourth-order valence-electron chi connectivity index (χ4n) is 8.13. The van der Waals surface area contributed by atoms with Crippen molar-refractivity contribution in [2.24, 2.45) is 11.5 Å². The standard InChI is InChI=1S/C21H36N2O9.C21H14N2O4.C14H16O9.C5H14N2.C2H6BF/c1-16(25)30-12-17(26)11-28-13-18-6-7-19(31-18)14-29-15-20(10-24)32-21(27)23-9-5-3-4-8-22-2;24-18-9-10-19(25)22(18)16-5-1-14(2-6-16)13-15-3-7-17(8-4-15)23-20(26)11-12-21(23)27;15-13-19-7-11(22-13)5-17-3-9-1-2-10(21-9)4-18-6-12-8-20-14(16)23-12;6-4-2-1-3-5-7;1-3(2)4/h6-7,17,20,22,24,26H,3-5,8-15H2,1-2H3,(H,23,27);1-12H,13H2;1-2,11-12H,3-8H2;1-7H2;1-2H3. The number of aliphatic hydroxyl groups is 2. The molecule has 5 amide bonds. The highest BCUT2D eigenvalue weighted by atomic mass is 19.1. The van der Waals surface area contributed by atoms with Crippen molar-refractivity contribution in [1.29, 1.82) is 0 Å². The van der Waals surface area contributed by atoms with Crippen molar-refractivity contribution in [3.05, 3.63) is 131 Å². The summed E-state index contributed by atoms with van der Waals surface area (Å²) in [4.78, 5) is 93.0. The van der Waals surface area contributed by atoms with Crippen LogP contribution in [0.15, 0.2) is 106 Å². The molecule has 4 atom stereocenters. The SMILES string of the molecule is CB(C)F.CNCCCCCNC(=O)OC(CO)COCc1ccc(COCC(O)COC(C)=O)o1.NCCCCCN.O=C1C=CC(=O)N1c1ccc(Cc2ccc(N3C(=O)C=CC3=O)cc2)cc1.O=C1OCC(COCc2ccc(COCC3COC(=O)O3)o2)O1. The van der Waals surface area contributed by atoms with Crippen LogP contribution in [0.4, 0.5) is 30.1 Å². The number of hydrogen-bond donors (Lipinski definition) is 6. The van der Waals surface area contributed by atoms with E-state index in [1.54, 1.807) is 48.5 Å². The van der Waals surface area contributed by atoms with Crippen molar-refractivity contribution < 1.29 is 109 Å². The van der Waals surface area contributed by atoms with Crippen molar-refractivity contribution in [2.45, 2.75) is 116 Å². The van der Waals surface area contributed by atoms with Gasteiger partial charge in [0.25, 0.3) is 23.6 Å². The second-order valence-corrected chi connectivity index (χ2v) is 21.0. The summed E-state index contributed by atoms with van der Waals surface area (Å²) in [6.45, 7) is 7.83. The third-order valence-electron chi connectivity index (χ3n) is 12.6. The van der Waals surface area contributed by atoms with Crippen LogP contribution in [0, 0.1) is 0 Å². The maximum absolute atomic E-state index is 11.8. The Morgan fingerprint density at radius 1 is 0.613 bits per heavy atom. The van der Waals surface area contributed by atoms with Gasteiger partial charge in [0.1, 0.15) is 81.5 Å². The number of imide groups is 2. The first-order valence-corrected chi connectivity index (χ1v) is 30.3. The van der Waals surface area contributed by atoms with Crippen LogP contribution in [0.2, 0.25) is 13.6 Å². The number of rotatable bonds is 34. The molecule has 8 rings (SSSR count). The predicted octanol–water partition coefficient (Wildman–Crippen LogP) is 5.51. The molecule has 2 fully saturated rings. The number of amides is 5. The zero-order valence-corrected chi connectivity index (χ0v) is 52.9. The number of nitrogens with one attached hydrogen (secondary N) is 2. The van der Waals surface area contributed by atoms with E-state index in [0.29, 0.717) is 47.4 Å². The maximum atomic E-state index is 11.8. The molecule has 0 bridgehead atoms. The van der Waals surface area contributed by atoms with Gasteiger partial charge in [0.2, 0.25) is 0 Å². The van der Waals surface area contributed by atoms with Crippen LogP contribution in [0.5, 0.6) is 0 Å². The fourth-order valence-corrected chi connectivity index (χ4v) is 8.13. The molecule has 2 aromatic carbocycles. The van der Waals surface area contributed by atoms with Crippen LogP contribution >= 0.6 is 0 Å². The van der Waals surface area contributed by atoms with Gasteiger partial charge in [-0.1, -0.05) is 50.8 Å². The van der Waals surface area contributed by atoms with Gasteiger partial charge in [0, 0.05) is 37.8 Å². The number of unbranched alkanes of at least 4 members (excludes halogenated alkanes) is 4. The van der Waals surface area contributed by atoms with E-state index < -0.39 is 43.6 Å². The average Bonchev–Trinajstić information content (AvgIpc) is 1.79. The predicted molar refractivity (Wildman–Crippen MR) is 334 cm³/mol. The number of aliphatic hydroxyl groups excluding tert-OH is 2. The minimum absolute atomic E-state index is 0.00660. The molecule has 0 aliphatic carbocycles. The third kappa shape index (κ3) is 31.7. The topological polar surface area (TPSA) is 378 Å². The molecule has 30 heteroatoms. The number of alkyl carbamates (subject to hydrolysis) is 1. The molecule has 0 spiro atoms. The molecule has 4 aliphatic heterocycles. The van der Waals surface area contributed by atoms with Gasteiger partial charge in [0.05, 0.1) is 44.4 Å². The number of carbonyl (C=O) groups excluding carboxylic acids is 8. The largest absolute Gasteiger partial charge is 0.508 e. The summed E-state index contributed by atoms with van der Waals surface area (Å²) >= 11 is 0. The first-order valence-electron chi connectivity index (χ1n) is 30.3. The quantitative estimate of drug-likeness (QED) is 0.0110. The van der Waals surface area contributed by atoms with E-state index in [1.807, 2.05) is 31.3 Å². The number of hydrogen-bond acceptors (Lipinski definition) is 25. The van der Waals surface area contributed by atoms with E-state index in [2.05, 4.69) is 24.8 Å². The second-order valence-electron chi connectivity index (χ2n) is 21.0. The Morgan fingerprint density at radius 3 is 1.41 bits per heavy atom. The van der Waals surface area contributed by atoms with Gasteiger partial charge < -0.3 is 92.8 Å². The highest BCUT2D eigenvalue weighted by molar-refractivity contribution is 6.47. The van der Waals surface area contributed by atoms with Gasteiger partial charge in [0.15, 0.2) is 12.2 Å². The molecule has 4 aliphatic rings. The Kier molecular flexibility index (Phi) is 36.7. The zero-order chi connectivity index (χ0) is 67.8. The second kappa shape index (κ2) is 44.3. The van der Waals surface area contributed by atoms with Crippen LogP contribution in [0.3, 0.4) is 0 Å². The summed E-state index contributed by atoms with van der Waals surface area (Å²) in [6, 6.07) is 21.4. The van der Waals surface area contributed by atoms with Crippen molar-refractivity contribution in [3.8, 4) is 0 Å². The third-order valence-corrected chi connectivity index (χ3v) is 12.6. The van der Waals surface area contributed by atoms with Crippen LogP contribution in [0.25, 0.3) is 0 Å². The Bertz CT molecular complexity index is 2790. The molecule has 6 heterocycles. The number of furan rings is 2. The van der Waals surface area contributed by atoms with Crippen molar-refractivity contribution in [3.63, 3.8) is 0 Å². The van der Waals surface area contributed by atoms with Gasteiger partial charge in [-0.3, -0.25) is 24.0 Å². The van der Waals surface area contributed by atoms with E-state index in [0.717, 1.165) is 72.7 Å². The molecular weight excluding hydrogens is 1220 g/mol. The van der Waals surface area contributed by atoms with Crippen molar-refractivity contribution in [1.82, 2.24) is 10.6 Å². The van der Waals surface area contributed by atoms with E-state index >= 15 is 0 Å². The molecule has 28 nitrogen and oxygen atoms in total. The molecule has 0 radical (unpaired) electrons. The van der Waals surface area contributed by atoms with Crippen LogP contribution in [-0.4, -0.2) is 176 Å². The molecule has 2 saturated heterocycles. The Labute approximate surface area is 539 Å². The lowest BCUT2D eigenvalue weighted by atomic mass is 9.80. The van der Waals surface area contributed by atoms with Crippen molar-refractivity contribution in [2.75, 3.05) is 95.9 Å². The number of esters is 1. The number of carbonyl (C=O) groups is 8. The van der Waals surface area contributed by atoms with Gasteiger partial charge in [-0.25, -0.2) is 24.2 Å². The molecule has 8 N–H and O–H groups in total. The van der Waals surface area contributed by atoms with Gasteiger partial charge in [-0.05, 0) is 118 Å². The van der Waals surface area contributed by atoms with Crippen LogP contribution in [-0.2, 0) is 104 Å². The number of anilines is 2. The van der Waals surface area contributed by atoms with Gasteiger partial charge >= 0.3 is 31.4 Å². The van der Waals surface area contributed by atoms with Crippen LogP contribution in [0.1, 0.15) is 79.6 Å². The Morgan fingerprint density at radius 2 is 1.02 bits per heavy atom. The van der Waals surface area contributed by atoms with Gasteiger partial charge in [-0.2, -0.15) is 0 Å². The fraction of sp³-hybridized carbons (Fsp3) is 0.492. The Hall–Kier alpha value is -8.33. The number of halogens is 1. The van der Waals surface area contributed by atoms with Crippen molar-refractivity contribution >= 4 is 66.4 Å². The minimum Gasteiger partial charge on any atom is -0.463 e. The lowest BCUT2D eigenvalue weighted by Gasteiger charge is -2.16. The highest BCUT2D eigenvalue weighted by Crippen LogP contribution is 2.24. The summed E-state index contributed by atoms with van der Waals surface area (Å²) in [5, 5.41) is 24.7. The number of ether oxygens (including phenoxy) is 10. The Balaban J connectivity index is 0.000000276. The summed E-state index contributed by atoms with van der Waals surface area (Å²) < 4.78 is 72.4. The molecular formula is C63H86BFN6O22. The molecule has 4 unspecified atom stereocenters. The molecule has 510 valence electrons. The molecule has 93 heavy (non-hydrogen) atoms. The lowest BCUT2D eigenvalue weighted by molar-refractivity contribution is -0.145. The number of benzene rings is 2. The normalized spacial score (nSPS) is 15.9. The molecule has 0 saturated carbocycles. The highest BCUT2D eigenvalue weighted by Gasteiger charge is 2.28. The lowest BCUT2D eigenvalue weighted by Crippen LogP contribution is -2.33. The summed E-state index contributed by atoms with van der Waals surface area (Å²) in [7, 11) is 1.90. The van der Waals surface area contributed by atoms with E-state index in [9.17, 15) is 52.9 Å². The van der Waals surface area contributed by atoms with Gasteiger partial charge in [-0.15, -0.1) is 0 Å². The maximum Gasteiger partial charge on any atom is 0.508 e. The van der Waals surface area contributed by atoms with Crippen LogP contribution < -0.4 is 31.9 Å². The summed E-state index contributed by atoms with van der Waals surface area (Å²) in [6.07, 6.45) is 7.59. The smallest absolute Gasteiger partial charge is 0.463 e. The first kappa shape index (κ1) is 77.1. The summed E-state index contributed by atoms with van der Waals surface area (Å²) in [5.41, 5.74) is 13.5. The van der Waals surface area contributed by atoms with E-state index in [-0.39, 0.29) is 115 Å². The first-order chi connectivity index (χ1) is 44.8. The zero-order valence-electron chi connectivity index (χ0n) is 52.9. The average molecular weight is 1310 g/mol. The molecule has 2 aromatic heterocycles. The van der Waals surface area contributed by atoms with E-state index in [4.69, 9.17) is 53.5 Å². The summed E-state index contributed by atoms with van der Waals surface area (Å²) in [5.74, 6) is 0.485. The minimum atomic E-state index is -0.914. The number of nitrogens with zero attached hydrogens (tertiary/aromatic N) is 2. The number of nitrogens with two attached hydrogens (primary N) is 2. The molecule has 4 aromatic rings. The number of cyclic esters (lactones) is 4. The monoisotopic (exact) mass is 1310 g/mol.